The Morgan fingerprint density at radius 2 is 1.82 bits per heavy atom. The summed E-state index contributed by atoms with van der Waals surface area (Å²) >= 11 is 0. The first kappa shape index (κ1) is 23.3. The van der Waals surface area contributed by atoms with E-state index in [-0.39, 0.29) is 11.7 Å². The topological polar surface area (TPSA) is 132 Å². The van der Waals surface area contributed by atoms with Crippen LogP contribution < -0.4 is 5.32 Å². The second-order valence-electron chi connectivity index (χ2n) is 10.4. The summed E-state index contributed by atoms with van der Waals surface area (Å²) in [5.74, 6) is -1.54. The van der Waals surface area contributed by atoms with Gasteiger partial charge in [0.2, 0.25) is 0 Å². The van der Waals surface area contributed by atoms with Crippen molar-refractivity contribution < 1.29 is 14.5 Å². The highest BCUT2D eigenvalue weighted by atomic mass is 16.6. The Hall–Kier alpha value is -4.81. The standard InChI is InChI=1S/C30H23N5O4/c31-17-29(27(36)21-16-32-23-8-3-1-6-20(21)23)26(18-11-13-19(14-12-18)35(38)39)25-10-5-15-34(25)30(29)22-7-2-4-9-24(22)33-28(30)37/h1-4,6-9,11-14,16,25-26,32H,5,10,15H2,(H,33,37)/t25-,26-,29-,30+/m1/s1. The van der Waals surface area contributed by atoms with E-state index in [0.717, 1.165) is 11.9 Å². The van der Waals surface area contributed by atoms with Crippen LogP contribution in [0.2, 0.25) is 0 Å². The molecular weight excluding hydrogens is 494 g/mol. The molecule has 4 atom stereocenters. The number of hydrogen-bond donors (Lipinski definition) is 2. The van der Waals surface area contributed by atoms with Crippen molar-refractivity contribution in [2.75, 3.05) is 11.9 Å². The monoisotopic (exact) mass is 517 g/mol. The van der Waals surface area contributed by atoms with Crippen LogP contribution in [-0.4, -0.2) is 39.1 Å². The van der Waals surface area contributed by atoms with Gasteiger partial charge in [-0.05, 0) is 37.1 Å². The molecule has 2 N–H and O–H groups in total. The van der Waals surface area contributed by atoms with Gasteiger partial charge < -0.3 is 10.3 Å². The second-order valence-corrected chi connectivity index (χ2v) is 10.4. The van der Waals surface area contributed by atoms with E-state index < -0.39 is 33.5 Å². The SMILES string of the molecule is N#C[C@]1(C(=O)c2c[nH]c3ccccc23)[C@H](c2ccc([N+](=O)[O-])cc2)[C@H]2CCCN2[C@@]12C(=O)Nc1ccccc12. The number of nitriles is 1. The third-order valence-electron chi connectivity index (χ3n) is 8.88. The Morgan fingerprint density at radius 1 is 1.08 bits per heavy atom. The number of Topliss-reactive ketones (excluding diaryl/α,β-unsaturated/α-hetero) is 1. The lowest BCUT2D eigenvalue weighted by Crippen LogP contribution is -2.59. The molecule has 3 aliphatic heterocycles. The minimum atomic E-state index is -1.85. The molecular formula is C30H23N5O4. The Morgan fingerprint density at radius 3 is 2.59 bits per heavy atom. The van der Waals surface area contributed by atoms with E-state index in [1.165, 1.54) is 12.1 Å². The van der Waals surface area contributed by atoms with E-state index in [4.69, 9.17) is 0 Å². The molecule has 0 unspecified atom stereocenters. The van der Waals surface area contributed by atoms with Gasteiger partial charge in [0.1, 0.15) is 0 Å². The van der Waals surface area contributed by atoms with E-state index >= 15 is 4.79 Å². The molecule has 4 heterocycles. The molecule has 39 heavy (non-hydrogen) atoms. The molecule has 1 amide bonds. The van der Waals surface area contributed by atoms with Gasteiger partial charge in [-0.3, -0.25) is 24.6 Å². The predicted octanol–water partition coefficient (Wildman–Crippen LogP) is 4.88. The number of H-pyrrole nitrogens is 1. The second kappa shape index (κ2) is 8.09. The fourth-order valence-electron chi connectivity index (χ4n) is 7.47. The average molecular weight is 518 g/mol. The minimum Gasteiger partial charge on any atom is -0.360 e. The lowest BCUT2D eigenvalue weighted by atomic mass is 9.57. The van der Waals surface area contributed by atoms with Gasteiger partial charge in [0, 0.05) is 58.0 Å². The van der Waals surface area contributed by atoms with Gasteiger partial charge in [0.05, 0.1) is 11.0 Å². The number of nitro groups is 1. The van der Waals surface area contributed by atoms with Crippen molar-refractivity contribution in [3.63, 3.8) is 0 Å². The summed E-state index contributed by atoms with van der Waals surface area (Å²) in [7, 11) is 0. The Bertz CT molecular complexity index is 1740. The number of aromatic amines is 1. The van der Waals surface area contributed by atoms with Crippen LogP contribution in [0.4, 0.5) is 11.4 Å². The number of rotatable bonds is 4. The first-order valence-electron chi connectivity index (χ1n) is 12.9. The molecule has 0 saturated carbocycles. The molecule has 1 aromatic heterocycles. The maximum absolute atomic E-state index is 15.0. The van der Waals surface area contributed by atoms with E-state index in [0.29, 0.717) is 40.7 Å². The van der Waals surface area contributed by atoms with Gasteiger partial charge in [0.25, 0.3) is 11.6 Å². The van der Waals surface area contributed by atoms with E-state index in [1.54, 1.807) is 24.4 Å². The number of amides is 1. The van der Waals surface area contributed by atoms with E-state index in [9.17, 15) is 20.2 Å². The number of fused-ring (bicyclic) bond motifs is 5. The molecule has 3 aromatic carbocycles. The van der Waals surface area contributed by atoms with Crippen molar-refractivity contribution in [3.05, 3.63) is 106 Å². The summed E-state index contributed by atoms with van der Waals surface area (Å²) < 4.78 is 0. The Labute approximate surface area is 223 Å². The van der Waals surface area contributed by atoms with Crippen LogP contribution in [0.3, 0.4) is 0 Å². The zero-order chi connectivity index (χ0) is 26.9. The summed E-state index contributed by atoms with van der Waals surface area (Å²) in [6.07, 6.45) is 3.10. The fraction of sp³-hybridized carbons (Fsp3) is 0.233. The average Bonchev–Trinajstić information content (AvgIpc) is 3.71. The summed E-state index contributed by atoms with van der Waals surface area (Å²) in [6.45, 7) is 0.542. The molecule has 192 valence electrons. The molecule has 1 spiro atoms. The van der Waals surface area contributed by atoms with Crippen LogP contribution in [0, 0.1) is 26.9 Å². The van der Waals surface area contributed by atoms with Crippen molar-refractivity contribution in [2.45, 2.75) is 30.3 Å². The number of para-hydroxylation sites is 2. The fourth-order valence-corrected chi connectivity index (χ4v) is 7.47. The van der Waals surface area contributed by atoms with E-state index in [2.05, 4.69) is 21.3 Å². The van der Waals surface area contributed by atoms with Gasteiger partial charge >= 0.3 is 0 Å². The quantitative estimate of drug-likeness (QED) is 0.225. The van der Waals surface area contributed by atoms with Crippen molar-refractivity contribution in [1.29, 1.82) is 5.26 Å². The van der Waals surface area contributed by atoms with E-state index in [1.807, 2.05) is 42.5 Å². The normalized spacial score (nSPS) is 27.3. The van der Waals surface area contributed by atoms with Crippen LogP contribution >= 0.6 is 0 Å². The van der Waals surface area contributed by atoms with Gasteiger partial charge in [0.15, 0.2) is 16.7 Å². The molecule has 3 aliphatic rings. The van der Waals surface area contributed by atoms with Crippen molar-refractivity contribution >= 4 is 34.0 Å². The summed E-state index contributed by atoms with van der Waals surface area (Å²) in [5.41, 5.74) is -0.575. The summed E-state index contributed by atoms with van der Waals surface area (Å²) in [5, 5.41) is 26.3. The molecule has 0 bridgehead atoms. The number of ketones is 1. The predicted molar refractivity (Wildman–Crippen MR) is 143 cm³/mol. The summed E-state index contributed by atoms with van der Waals surface area (Å²) in [4.78, 5) is 45.4. The maximum Gasteiger partial charge on any atom is 0.269 e. The number of anilines is 1. The zero-order valence-corrected chi connectivity index (χ0v) is 20.8. The lowest BCUT2D eigenvalue weighted by Gasteiger charge is -2.42. The summed E-state index contributed by atoms with van der Waals surface area (Å²) in [6, 6.07) is 22.9. The van der Waals surface area contributed by atoms with Crippen LogP contribution in [0.25, 0.3) is 10.9 Å². The number of benzene rings is 3. The maximum atomic E-state index is 15.0. The van der Waals surface area contributed by atoms with Crippen LogP contribution in [0.1, 0.15) is 40.2 Å². The number of nitrogens with one attached hydrogen (secondary N) is 2. The number of aromatic nitrogens is 1. The van der Waals surface area contributed by atoms with Crippen molar-refractivity contribution in [2.24, 2.45) is 5.41 Å². The number of non-ortho nitro benzene ring substituents is 1. The van der Waals surface area contributed by atoms with Gasteiger partial charge in [-0.25, -0.2) is 0 Å². The third-order valence-corrected chi connectivity index (χ3v) is 8.88. The Kier molecular flexibility index (Phi) is 4.84. The Balaban J connectivity index is 1.56. The highest BCUT2D eigenvalue weighted by molar-refractivity contribution is 6.19. The third kappa shape index (κ3) is 2.76. The molecule has 9 nitrogen and oxygen atoms in total. The highest BCUT2D eigenvalue weighted by Crippen LogP contribution is 2.67. The molecule has 0 aliphatic carbocycles. The number of carbonyl (C=O) groups is 2. The minimum absolute atomic E-state index is 0.0794. The first-order chi connectivity index (χ1) is 18.9. The molecule has 7 rings (SSSR count). The number of hydrogen-bond acceptors (Lipinski definition) is 6. The van der Waals surface area contributed by atoms with Gasteiger partial charge in [-0.2, -0.15) is 5.26 Å². The first-order valence-corrected chi connectivity index (χ1v) is 12.9. The highest BCUT2D eigenvalue weighted by Gasteiger charge is 2.78. The van der Waals surface area contributed by atoms with Crippen LogP contribution in [-0.2, 0) is 10.3 Å². The molecule has 0 radical (unpaired) electrons. The van der Waals surface area contributed by atoms with Gasteiger partial charge in [-0.1, -0.05) is 48.5 Å². The molecule has 4 aromatic rings. The molecule has 2 fully saturated rings. The van der Waals surface area contributed by atoms with Crippen molar-refractivity contribution in [3.8, 4) is 6.07 Å². The smallest absolute Gasteiger partial charge is 0.269 e. The molecule has 9 heteroatoms. The largest absolute Gasteiger partial charge is 0.360 e. The van der Waals surface area contributed by atoms with Crippen LogP contribution in [0.15, 0.2) is 79.0 Å². The number of nitro benzene ring substituents is 1. The number of nitrogens with zero attached hydrogens (tertiary/aromatic N) is 3. The van der Waals surface area contributed by atoms with Crippen LogP contribution in [0.5, 0.6) is 0 Å². The van der Waals surface area contributed by atoms with Crippen molar-refractivity contribution in [1.82, 2.24) is 9.88 Å². The molecule has 2 saturated heterocycles. The number of carbonyl (C=O) groups excluding carboxylic acids is 2. The lowest BCUT2D eigenvalue weighted by molar-refractivity contribution is -0.384. The van der Waals surface area contributed by atoms with Gasteiger partial charge in [-0.15, -0.1) is 0 Å². The zero-order valence-electron chi connectivity index (χ0n) is 20.8.